The van der Waals surface area contributed by atoms with Crippen LogP contribution in [0.25, 0.3) is 10.6 Å². The fraction of sp³-hybridized carbons (Fsp3) is 0.125. The molecule has 0 radical (unpaired) electrons. The molecule has 0 amide bonds. The molecular formula is C16H14O3S2. The number of furan rings is 1. The molecular weight excluding hydrogens is 304 g/mol. The lowest BCUT2D eigenvalue weighted by molar-refractivity contribution is 0.544. The van der Waals surface area contributed by atoms with Crippen LogP contribution in [0.2, 0.25) is 0 Å². The van der Waals surface area contributed by atoms with E-state index in [1.807, 2.05) is 24.4 Å². The van der Waals surface area contributed by atoms with Crippen LogP contribution in [0.1, 0.15) is 11.3 Å². The summed E-state index contributed by atoms with van der Waals surface area (Å²) in [7, 11) is -3.58. The topological polar surface area (TPSA) is 47.3 Å². The van der Waals surface area contributed by atoms with E-state index in [2.05, 4.69) is 0 Å². The predicted octanol–water partition coefficient (Wildman–Crippen LogP) is 4.46. The van der Waals surface area contributed by atoms with E-state index in [0.717, 1.165) is 10.4 Å². The van der Waals surface area contributed by atoms with Crippen molar-refractivity contribution in [1.82, 2.24) is 0 Å². The summed E-state index contributed by atoms with van der Waals surface area (Å²) in [5.41, 5.74) is 1.02. The van der Waals surface area contributed by atoms with Crippen LogP contribution in [0.4, 0.5) is 0 Å². The van der Waals surface area contributed by atoms with Crippen molar-refractivity contribution < 1.29 is 12.8 Å². The highest BCUT2D eigenvalue weighted by Gasteiger charge is 2.26. The summed E-state index contributed by atoms with van der Waals surface area (Å²) in [6.45, 7) is 3.68. The Balaban J connectivity index is 2.18. The summed E-state index contributed by atoms with van der Waals surface area (Å²) < 4.78 is 31.3. The summed E-state index contributed by atoms with van der Waals surface area (Å²) in [5, 5.41) is 1.90. The maximum Gasteiger partial charge on any atom is 0.210 e. The van der Waals surface area contributed by atoms with Crippen molar-refractivity contribution in [2.24, 2.45) is 0 Å². The van der Waals surface area contributed by atoms with Gasteiger partial charge in [0.25, 0.3) is 0 Å². The van der Waals surface area contributed by atoms with Gasteiger partial charge in [-0.05, 0) is 43.5 Å². The minimum atomic E-state index is -3.58. The number of benzene rings is 1. The first-order valence-electron chi connectivity index (χ1n) is 6.44. The number of hydrogen-bond donors (Lipinski definition) is 0. The van der Waals surface area contributed by atoms with Crippen molar-refractivity contribution in [3.8, 4) is 10.6 Å². The van der Waals surface area contributed by atoms with E-state index in [4.69, 9.17) is 4.42 Å². The molecule has 0 aliphatic heterocycles. The molecule has 5 heteroatoms. The average molecular weight is 318 g/mol. The Hall–Kier alpha value is -1.85. The monoisotopic (exact) mass is 318 g/mol. The number of rotatable bonds is 3. The van der Waals surface area contributed by atoms with Gasteiger partial charge in [-0.1, -0.05) is 23.8 Å². The minimum Gasteiger partial charge on any atom is -0.459 e. The molecule has 0 saturated carbocycles. The molecule has 1 aromatic carbocycles. The lowest BCUT2D eigenvalue weighted by Gasteiger charge is -2.04. The number of aryl methyl sites for hydroxylation is 2. The van der Waals surface area contributed by atoms with E-state index in [9.17, 15) is 8.42 Å². The highest BCUT2D eigenvalue weighted by molar-refractivity contribution is 7.91. The normalized spacial score (nSPS) is 11.7. The third-order valence-electron chi connectivity index (χ3n) is 3.19. The van der Waals surface area contributed by atoms with Crippen molar-refractivity contribution in [2.45, 2.75) is 23.6 Å². The standard InChI is InChI=1S/C16H14O3S2/c1-11-5-7-13(8-6-11)21(17,18)15-10-12(2)19-16(15)14-4-3-9-20-14/h3-10H,1-2H3. The van der Waals surface area contributed by atoms with Gasteiger partial charge in [0.2, 0.25) is 9.84 Å². The maximum atomic E-state index is 12.8. The van der Waals surface area contributed by atoms with Crippen LogP contribution < -0.4 is 0 Å². The molecule has 2 heterocycles. The molecule has 3 rings (SSSR count). The van der Waals surface area contributed by atoms with Gasteiger partial charge in [0.15, 0.2) is 5.76 Å². The van der Waals surface area contributed by atoms with Crippen LogP contribution in [0.5, 0.6) is 0 Å². The first-order valence-corrected chi connectivity index (χ1v) is 8.81. The Labute approximate surface area is 127 Å². The fourth-order valence-corrected chi connectivity index (χ4v) is 4.36. The third kappa shape index (κ3) is 2.54. The van der Waals surface area contributed by atoms with E-state index in [0.29, 0.717) is 11.5 Å². The minimum absolute atomic E-state index is 0.228. The zero-order valence-electron chi connectivity index (χ0n) is 11.7. The Morgan fingerprint density at radius 3 is 2.38 bits per heavy atom. The molecule has 0 bridgehead atoms. The van der Waals surface area contributed by atoms with Gasteiger partial charge in [-0.25, -0.2) is 8.42 Å². The van der Waals surface area contributed by atoms with Gasteiger partial charge in [-0.15, -0.1) is 11.3 Å². The van der Waals surface area contributed by atoms with Gasteiger partial charge in [0.05, 0.1) is 9.77 Å². The zero-order chi connectivity index (χ0) is 15.0. The molecule has 3 nitrogen and oxygen atoms in total. The van der Waals surface area contributed by atoms with E-state index in [1.54, 1.807) is 37.3 Å². The molecule has 0 spiro atoms. The Morgan fingerprint density at radius 1 is 1.05 bits per heavy atom. The number of sulfone groups is 1. The van der Waals surface area contributed by atoms with Gasteiger partial charge in [-0.3, -0.25) is 0 Å². The molecule has 21 heavy (non-hydrogen) atoms. The molecule has 0 unspecified atom stereocenters. The van der Waals surface area contributed by atoms with Crippen molar-refractivity contribution in [2.75, 3.05) is 0 Å². The van der Waals surface area contributed by atoms with Gasteiger partial charge in [0, 0.05) is 0 Å². The largest absolute Gasteiger partial charge is 0.459 e. The third-order valence-corrected chi connectivity index (χ3v) is 5.83. The fourth-order valence-electron chi connectivity index (χ4n) is 2.11. The molecule has 0 fully saturated rings. The van der Waals surface area contributed by atoms with Crippen LogP contribution in [-0.2, 0) is 9.84 Å². The second-order valence-corrected chi connectivity index (χ2v) is 7.71. The SMILES string of the molecule is Cc1ccc(S(=O)(=O)c2cc(C)oc2-c2cccs2)cc1. The highest BCUT2D eigenvalue weighted by Crippen LogP contribution is 2.36. The predicted molar refractivity (Wildman–Crippen MR) is 83.4 cm³/mol. The van der Waals surface area contributed by atoms with Crippen molar-refractivity contribution in [1.29, 1.82) is 0 Å². The van der Waals surface area contributed by atoms with E-state index in [1.165, 1.54) is 11.3 Å². The van der Waals surface area contributed by atoms with Crippen molar-refractivity contribution in [3.05, 3.63) is 59.2 Å². The molecule has 108 valence electrons. The highest BCUT2D eigenvalue weighted by atomic mass is 32.2. The number of hydrogen-bond acceptors (Lipinski definition) is 4. The lowest BCUT2D eigenvalue weighted by Crippen LogP contribution is -2.01. The summed E-state index contributed by atoms with van der Waals surface area (Å²) in [6, 6.07) is 12.2. The molecule has 2 aromatic heterocycles. The van der Waals surface area contributed by atoms with E-state index < -0.39 is 9.84 Å². The van der Waals surface area contributed by atoms with Crippen molar-refractivity contribution >= 4 is 21.2 Å². The van der Waals surface area contributed by atoms with Crippen LogP contribution in [0.15, 0.2) is 62.1 Å². The van der Waals surface area contributed by atoms with Gasteiger partial charge < -0.3 is 4.42 Å². The second-order valence-electron chi connectivity index (χ2n) is 4.84. The molecule has 0 aliphatic carbocycles. The van der Waals surface area contributed by atoms with Gasteiger partial charge >= 0.3 is 0 Å². The van der Waals surface area contributed by atoms with E-state index in [-0.39, 0.29) is 9.79 Å². The lowest BCUT2D eigenvalue weighted by atomic mass is 10.2. The Morgan fingerprint density at radius 2 is 1.76 bits per heavy atom. The zero-order valence-corrected chi connectivity index (χ0v) is 13.3. The smallest absolute Gasteiger partial charge is 0.210 e. The summed E-state index contributed by atoms with van der Waals surface area (Å²) in [6.07, 6.45) is 0. The maximum absolute atomic E-state index is 12.8. The van der Waals surface area contributed by atoms with Crippen LogP contribution in [0, 0.1) is 13.8 Å². The molecule has 0 saturated heterocycles. The quantitative estimate of drug-likeness (QED) is 0.716. The first-order chi connectivity index (χ1) is 9.98. The van der Waals surface area contributed by atoms with E-state index >= 15 is 0 Å². The molecule has 3 aromatic rings. The molecule has 0 N–H and O–H groups in total. The average Bonchev–Trinajstić information content (AvgIpc) is 3.08. The summed E-state index contributed by atoms with van der Waals surface area (Å²) >= 11 is 1.46. The summed E-state index contributed by atoms with van der Waals surface area (Å²) in [4.78, 5) is 1.33. The van der Waals surface area contributed by atoms with Crippen molar-refractivity contribution in [3.63, 3.8) is 0 Å². The Bertz CT molecular complexity index is 855. The summed E-state index contributed by atoms with van der Waals surface area (Å²) in [5.74, 6) is 1.01. The van der Waals surface area contributed by atoms with Crippen LogP contribution in [0.3, 0.4) is 0 Å². The van der Waals surface area contributed by atoms with Gasteiger partial charge in [-0.2, -0.15) is 0 Å². The second kappa shape index (κ2) is 5.16. The van der Waals surface area contributed by atoms with Crippen LogP contribution in [-0.4, -0.2) is 8.42 Å². The Kier molecular flexibility index (Phi) is 3.47. The number of thiophene rings is 1. The van der Waals surface area contributed by atoms with Gasteiger partial charge in [0.1, 0.15) is 10.7 Å². The molecule has 0 aliphatic rings. The first kappa shape index (κ1) is 14.1. The van der Waals surface area contributed by atoms with Crippen LogP contribution >= 0.6 is 11.3 Å². The molecule has 0 atom stereocenters.